The molecule has 10 heavy (non-hydrogen) atoms. The molecule has 3 N–H and O–H groups in total. The summed E-state index contributed by atoms with van der Waals surface area (Å²) in [6.45, 7) is 3.17. The van der Waals surface area contributed by atoms with E-state index >= 15 is 0 Å². The third kappa shape index (κ3) is 1.95. The molecule has 0 bridgehead atoms. The van der Waals surface area contributed by atoms with Crippen LogP contribution in [0.15, 0.2) is 0 Å². The molecule has 0 spiro atoms. The van der Waals surface area contributed by atoms with E-state index < -0.39 is 9.89 Å². The second-order valence-corrected chi connectivity index (χ2v) is 4.26. The predicted molar refractivity (Wildman–Crippen MR) is 43.9 cm³/mol. The second-order valence-electron chi connectivity index (χ2n) is 2.37. The molecule has 0 saturated carbocycles. The Bertz CT molecular complexity index is 193. The minimum atomic E-state index is -2.43. The van der Waals surface area contributed by atoms with Crippen LogP contribution < -0.4 is 10.5 Å². The summed E-state index contributed by atoms with van der Waals surface area (Å²) in [6, 6.07) is 0. The van der Waals surface area contributed by atoms with Gasteiger partial charge in [0.1, 0.15) is 0 Å². The monoisotopic (exact) mass is 163 g/mol. The van der Waals surface area contributed by atoms with Crippen molar-refractivity contribution in [1.29, 1.82) is 0 Å². The van der Waals surface area contributed by atoms with Crippen molar-refractivity contribution in [3.8, 4) is 0 Å². The molecule has 1 saturated heterocycles. The Kier molecular flexibility index (Phi) is 2.30. The van der Waals surface area contributed by atoms with Crippen LogP contribution in [0.25, 0.3) is 0 Å². The fourth-order valence-electron chi connectivity index (χ4n) is 0.953. The first-order chi connectivity index (χ1) is 4.61. The fraction of sp³-hybridized carbons (Fsp3) is 0.800. The number of nitrogens with two attached hydrogens (primary N) is 1. The topological polar surface area (TPSA) is 58.4 Å². The molecule has 1 rings (SSSR count). The van der Waals surface area contributed by atoms with E-state index in [9.17, 15) is 4.21 Å². The van der Waals surface area contributed by atoms with Gasteiger partial charge in [-0.25, -0.2) is 13.7 Å². The van der Waals surface area contributed by atoms with Crippen LogP contribution in [-0.4, -0.2) is 40.6 Å². The van der Waals surface area contributed by atoms with Gasteiger partial charge in [0.2, 0.25) is 0 Å². The van der Waals surface area contributed by atoms with E-state index in [1.807, 2.05) is 0 Å². The van der Waals surface area contributed by atoms with Crippen molar-refractivity contribution in [2.24, 2.45) is 5.14 Å². The summed E-state index contributed by atoms with van der Waals surface area (Å²) in [5.74, 6) is 3.40. The molecule has 1 atom stereocenters. The molecular weight excluding hydrogens is 150 g/mol. The van der Waals surface area contributed by atoms with Gasteiger partial charge in [-0.2, -0.15) is 0 Å². The largest absolute Gasteiger partial charge is 0.314 e. The lowest BCUT2D eigenvalue weighted by atomic mass is 10.4. The van der Waals surface area contributed by atoms with E-state index in [0.717, 1.165) is 26.2 Å². The molecule has 0 aromatic rings. The first kappa shape index (κ1) is 8.00. The zero-order valence-electron chi connectivity index (χ0n) is 5.88. The molecule has 1 unspecified atom stereocenters. The van der Waals surface area contributed by atoms with Gasteiger partial charge in [-0.15, -0.1) is 0 Å². The van der Waals surface area contributed by atoms with Gasteiger partial charge in [0, 0.05) is 26.2 Å². The normalized spacial score (nSPS) is 27.7. The van der Waals surface area contributed by atoms with E-state index in [-0.39, 0.29) is 0 Å². The van der Waals surface area contributed by atoms with Crippen LogP contribution in [0, 0.1) is 0 Å². The summed E-state index contributed by atoms with van der Waals surface area (Å²) in [5, 5.41) is 8.46. The molecule has 0 aromatic heterocycles. The molecule has 1 heterocycles. The van der Waals surface area contributed by atoms with Crippen LogP contribution in [0.2, 0.25) is 0 Å². The summed E-state index contributed by atoms with van der Waals surface area (Å²) >= 11 is 0. The summed E-state index contributed by atoms with van der Waals surface area (Å²) < 4.78 is 12.8. The lowest BCUT2D eigenvalue weighted by molar-refractivity contribution is 0.379. The maximum absolute atomic E-state index is 11.1. The van der Waals surface area contributed by atoms with Crippen molar-refractivity contribution in [2.45, 2.75) is 0 Å². The van der Waals surface area contributed by atoms with Crippen LogP contribution in [-0.2, 0) is 9.89 Å². The highest BCUT2D eigenvalue weighted by molar-refractivity contribution is 7.96. The Balaban J connectivity index is 2.56. The van der Waals surface area contributed by atoms with E-state index in [0.29, 0.717) is 0 Å². The van der Waals surface area contributed by atoms with Gasteiger partial charge >= 0.3 is 0 Å². The molecule has 1 aliphatic rings. The van der Waals surface area contributed by atoms with Crippen LogP contribution in [0.1, 0.15) is 0 Å². The molecule has 1 aliphatic heterocycles. The first-order valence-corrected chi connectivity index (χ1v) is 4.96. The number of hydrogen-bond acceptors (Lipinski definition) is 2. The summed E-state index contributed by atoms with van der Waals surface area (Å²) in [6.07, 6.45) is 0. The zero-order valence-corrected chi connectivity index (χ0v) is 6.69. The highest BCUT2D eigenvalue weighted by atomic mass is 32.2. The Morgan fingerprint density at radius 2 is 2.00 bits per heavy atom. The maximum Gasteiger partial charge on any atom is 0.0852 e. The number of piperazine rings is 1. The van der Waals surface area contributed by atoms with Gasteiger partial charge in [0.15, 0.2) is 0 Å². The Morgan fingerprint density at radius 1 is 1.50 bits per heavy atom. The molecule has 5 heteroatoms. The molecule has 0 aromatic carbocycles. The molecule has 0 aliphatic carbocycles. The van der Waals surface area contributed by atoms with E-state index in [4.69, 9.17) is 5.14 Å². The third-order valence-electron chi connectivity index (χ3n) is 1.51. The smallest absolute Gasteiger partial charge is 0.0852 e. The first-order valence-electron chi connectivity index (χ1n) is 3.21. The van der Waals surface area contributed by atoms with Crippen molar-refractivity contribution in [1.82, 2.24) is 9.62 Å². The lowest BCUT2D eigenvalue weighted by Crippen LogP contribution is -2.48. The number of nitrogens with zero attached hydrogens (tertiary/aromatic N) is 1. The van der Waals surface area contributed by atoms with Gasteiger partial charge in [0.05, 0.1) is 9.89 Å². The van der Waals surface area contributed by atoms with Crippen molar-refractivity contribution in [3.63, 3.8) is 0 Å². The van der Waals surface area contributed by atoms with Gasteiger partial charge in [-0.3, -0.25) is 0 Å². The van der Waals surface area contributed by atoms with E-state index in [1.54, 1.807) is 4.31 Å². The molecule has 1 fully saturated rings. The molecular formula is C5H13N3OS. The van der Waals surface area contributed by atoms with E-state index in [1.165, 1.54) is 0 Å². The highest BCUT2D eigenvalue weighted by Crippen LogP contribution is 1.95. The number of rotatable bonds is 1. The van der Waals surface area contributed by atoms with Gasteiger partial charge in [0.25, 0.3) is 0 Å². The van der Waals surface area contributed by atoms with Crippen LogP contribution in [0.5, 0.6) is 0 Å². The minimum absolute atomic E-state index is 0.735. The van der Waals surface area contributed by atoms with Crippen LogP contribution >= 0.6 is 0 Å². The molecule has 0 amide bonds. The van der Waals surface area contributed by atoms with Crippen LogP contribution in [0.3, 0.4) is 0 Å². The quantitative estimate of drug-likeness (QED) is 0.457. The SMILES string of the molecule is C=S(N)(=O)N1CCNCC1. The highest BCUT2D eigenvalue weighted by Gasteiger charge is 2.13. The number of hydrogen-bond donors (Lipinski definition) is 2. The van der Waals surface area contributed by atoms with Crippen molar-refractivity contribution >= 4 is 15.8 Å². The van der Waals surface area contributed by atoms with Gasteiger partial charge in [-0.1, -0.05) is 0 Å². The standard InChI is InChI=1S/C5H13N3OS/c1-10(6,9)8-4-2-7-3-5-8/h7H,1-5H2,(H2,6,9). The zero-order chi connectivity index (χ0) is 7.61. The average molecular weight is 163 g/mol. The summed E-state index contributed by atoms with van der Waals surface area (Å²) in [5.41, 5.74) is 0. The maximum atomic E-state index is 11.1. The molecule has 4 nitrogen and oxygen atoms in total. The lowest BCUT2D eigenvalue weighted by Gasteiger charge is -2.27. The van der Waals surface area contributed by atoms with Gasteiger partial charge < -0.3 is 5.32 Å². The number of nitrogens with one attached hydrogen (secondary N) is 1. The van der Waals surface area contributed by atoms with Crippen molar-refractivity contribution < 1.29 is 4.21 Å². The Labute approximate surface area is 61.7 Å². The van der Waals surface area contributed by atoms with E-state index in [2.05, 4.69) is 11.2 Å². The van der Waals surface area contributed by atoms with Crippen molar-refractivity contribution in [3.05, 3.63) is 0 Å². The Hall–Kier alpha value is -0.100. The average Bonchev–Trinajstić information content (AvgIpc) is 1.88. The second kappa shape index (κ2) is 2.87. The summed E-state index contributed by atoms with van der Waals surface area (Å²) in [7, 11) is -2.43. The molecule has 60 valence electrons. The molecule has 0 radical (unpaired) electrons. The Morgan fingerprint density at radius 3 is 2.30 bits per heavy atom. The van der Waals surface area contributed by atoms with Crippen LogP contribution in [0.4, 0.5) is 0 Å². The minimum Gasteiger partial charge on any atom is -0.314 e. The van der Waals surface area contributed by atoms with Gasteiger partial charge in [-0.05, 0) is 5.87 Å². The van der Waals surface area contributed by atoms with Crippen molar-refractivity contribution in [2.75, 3.05) is 26.2 Å². The fourth-order valence-corrected chi connectivity index (χ4v) is 1.75. The summed E-state index contributed by atoms with van der Waals surface area (Å²) in [4.78, 5) is 0. The third-order valence-corrected chi connectivity index (χ3v) is 2.75. The predicted octanol–water partition coefficient (Wildman–Crippen LogP) is -1.60.